The highest BCUT2D eigenvalue weighted by molar-refractivity contribution is 5.72. The van der Waals surface area contributed by atoms with Crippen molar-refractivity contribution in [2.75, 3.05) is 6.61 Å². The van der Waals surface area contributed by atoms with Crippen molar-refractivity contribution in [3.8, 4) is 11.5 Å². The fraction of sp³-hybridized carbons (Fsp3) is 0.316. The number of ether oxygens (including phenoxy) is 2. The molecule has 2 rings (SSSR count). The van der Waals surface area contributed by atoms with Crippen LogP contribution in [-0.4, -0.2) is 12.6 Å². The standard InChI is InChI=1S/C19H22O3/c1-14-6-4-7-17(13-14)22-19(20)8-5-11-21-18-10-9-15(2)12-16(18)3/h4,6-7,9-10,12-13H,5,8,11H2,1-3H3. The van der Waals surface area contributed by atoms with Crippen molar-refractivity contribution in [2.45, 2.75) is 33.6 Å². The first kappa shape index (κ1) is 16.1. The Balaban J connectivity index is 1.73. The van der Waals surface area contributed by atoms with Crippen LogP contribution >= 0.6 is 0 Å². The van der Waals surface area contributed by atoms with Gasteiger partial charge in [-0.2, -0.15) is 0 Å². The summed E-state index contributed by atoms with van der Waals surface area (Å²) in [6.07, 6.45) is 0.983. The van der Waals surface area contributed by atoms with Crippen LogP contribution in [0.25, 0.3) is 0 Å². The maximum absolute atomic E-state index is 11.8. The van der Waals surface area contributed by atoms with Crippen LogP contribution in [0.2, 0.25) is 0 Å². The lowest BCUT2D eigenvalue weighted by Crippen LogP contribution is -2.10. The molecule has 0 amide bonds. The van der Waals surface area contributed by atoms with Gasteiger partial charge in [-0.05, 0) is 56.5 Å². The first-order valence-electron chi connectivity index (χ1n) is 7.52. The van der Waals surface area contributed by atoms with Crippen LogP contribution in [0.4, 0.5) is 0 Å². The van der Waals surface area contributed by atoms with Crippen LogP contribution < -0.4 is 9.47 Å². The van der Waals surface area contributed by atoms with Gasteiger partial charge in [0.2, 0.25) is 0 Å². The Bertz CT molecular complexity index is 647. The fourth-order valence-electron chi connectivity index (χ4n) is 2.22. The fourth-order valence-corrected chi connectivity index (χ4v) is 2.22. The molecule has 0 bridgehead atoms. The predicted octanol–water partition coefficient (Wildman–Crippen LogP) is 4.38. The van der Waals surface area contributed by atoms with Crippen LogP contribution in [0.3, 0.4) is 0 Å². The summed E-state index contributed by atoms with van der Waals surface area (Å²) in [4.78, 5) is 11.8. The first-order chi connectivity index (χ1) is 10.5. The van der Waals surface area contributed by atoms with E-state index < -0.39 is 0 Å². The highest BCUT2D eigenvalue weighted by atomic mass is 16.5. The third kappa shape index (κ3) is 4.92. The van der Waals surface area contributed by atoms with Crippen LogP contribution in [0.1, 0.15) is 29.5 Å². The quantitative estimate of drug-likeness (QED) is 0.451. The van der Waals surface area contributed by atoms with Crippen LogP contribution in [-0.2, 0) is 4.79 Å². The van der Waals surface area contributed by atoms with Gasteiger partial charge >= 0.3 is 5.97 Å². The maximum Gasteiger partial charge on any atom is 0.311 e. The van der Waals surface area contributed by atoms with Gasteiger partial charge in [-0.25, -0.2) is 0 Å². The van der Waals surface area contributed by atoms with Crippen LogP contribution in [0.5, 0.6) is 11.5 Å². The molecule has 0 aromatic heterocycles. The average Bonchev–Trinajstić information content (AvgIpc) is 2.45. The second-order valence-electron chi connectivity index (χ2n) is 5.51. The highest BCUT2D eigenvalue weighted by Gasteiger charge is 2.06. The molecule has 0 aliphatic rings. The maximum atomic E-state index is 11.8. The number of hydrogen-bond donors (Lipinski definition) is 0. The zero-order chi connectivity index (χ0) is 15.9. The molecule has 0 aliphatic heterocycles. The molecule has 0 radical (unpaired) electrons. The van der Waals surface area contributed by atoms with Crippen LogP contribution in [0, 0.1) is 20.8 Å². The van der Waals surface area contributed by atoms with E-state index >= 15 is 0 Å². The number of rotatable bonds is 6. The molecule has 0 unspecified atom stereocenters. The number of benzene rings is 2. The minimum absolute atomic E-state index is 0.227. The van der Waals surface area contributed by atoms with Crippen molar-refractivity contribution in [3.63, 3.8) is 0 Å². The molecule has 3 nitrogen and oxygen atoms in total. The third-order valence-corrected chi connectivity index (χ3v) is 3.33. The molecule has 0 atom stereocenters. The van der Waals surface area contributed by atoms with E-state index in [9.17, 15) is 4.79 Å². The molecule has 0 N–H and O–H groups in total. The molecule has 116 valence electrons. The van der Waals surface area contributed by atoms with E-state index in [-0.39, 0.29) is 5.97 Å². The number of carbonyl (C=O) groups is 1. The van der Waals surface area contributed by atoms with Gasteiger partial charge in [0.25, 0.3) is 0 Å². The Hall–Kier alpha value is -2.29. The minimum atomic E-state index is -0.227. The second-order valence-corrected chi connectivity index (χ2v) is 5.51. The molecule has 2 aromatic rings. The van der Waals surface area contributed by atoms with Gasteiger partial charge in [-0.1, -0.05) is 29.8 Å². The van der Waals surface area contributed by atoms with Gasteiger partial charge in [0.05, 0.1) is 6.61 Å². The van der Waals surface area contributed by atoms with Gasteiger partial charge in [-0.3, -0.25) is 4.79 Å². The van der Waals surface area contributed by atoms with E-state index in [2.05, 4.69) is 13.0 Å². The number of carbonyl (C=O) groups excluding carboxylic acids is 1. The first-order valence-corrected chi connectivity index (χ1v) is 7.52. The summed E-state index contributed by atoms with van der Waals surface area (Å²) in [7, 11) is 0. The summed E-state index contributed by atoms with van der Waals surface area (Å²) in [5.74, 6) is 1.24. The molecule has 0 aliphatic carbocycles. The van der Waals surface area contributed by atoms with Crippen molar-refractivity contribution in [2.24, 2.45) is 0 Å². The summed E-state index contributed by atoms with van der Waals surface area (Å²) in [6, 6.07) is 13.6. The molecule has 0 saturated carbocycles. The molecule has 0 fully saturated rings. The van der Waals surface area contributed by atoms with E-state index in [0.29, 0.717) is 25.2 Å². The Kier molecular flexibility index (Phi) is 5.59. The lowest BCUT2D eigenvalue weighted by Gasteiger charge is -2.09. The molecular weight excluding hydrogens is 276 g/mol. The van der Waals surface area contributed by atoms with E-state index in [4.69, 9.17) is 9.47 Å². The van der Waals surface area contributed by atoms with Gasteiger partial charge in [-0.15, -0.1) is 0 Å². The lowest BCUT2D eigenvalue weighted by atomic mass is 10.1. The summed E-state index contributed by atoms with van der Waals surface area (Å²) in [5.41, 5.74) is 3.40. The summed E-state index contributed by atoms with van der Waals surface area (Å²) in [6.45, 7) is 6.55. The van der Waals surface area contributed by atoms with E-state index in [1.807, 2.05) is 44.2 Å². The van der Waals surface area contributed by atoms with Crippen molar-refractivity contribution in [1.82, 2.24) is 0 Å². The van der Waals surface area contributed by atoms with Gasteiger partial charge < -0.3 is 9.47 Å². The molecule has 2 aromatic carbocycles. The Morgan fingerprint density at radius 2 is 1.77 bits per heavy atom. The molecule has 22 heavy (non-hydrogen) atoms. The SMILES string of the molecule is Cc1cccc(OC(=O)CCCOc2ccc(C)cc2C)c1. The van der Waals surface area contributed by atoms with E-state index in [1.165, 1.54) is 5.56 Å². The monoisotopic (exact) mass is 298 g/mol. The molecule has 0 heterocycles. The molecule has 0 saturated heterocycles. The van der Waals surface area contributed by atoms with Crippen molar-refractivity contribution in [3.05, 3.63) is 59.2 Å². The number of esters is 1. The topological polar surface area (TPSA) is 35.5 Å². The predicted molar refractivity (Wildman–Crippen MR) is 87.5 cm³/mol. The smallest absolute Gasteiger partial charge is 0.311 e. The highest BCUT2D eigenvalue weighted by Crippen LogP contribution is 2.19. The van der Waals surface area contributed by atoms with Gasteiger partial charge in [0.15, 0.2) is 0 Å². The minimum Gasteiger partial charge on any atom is -0.493 e. The van der Waals surface area contributed by atoms with Gasteiger partial charge in [0, 0.05) is 6.42 Å². The molecular formula is C19H22O3. The zero-order valence-electron chi connectivity index (χ0n) is 13.4. The van der Waals surface area contributed by atoms with Gasteiger partial charge in [0.1, 0.15) is 11.5 Å². The Morgan fingerprint density at radius 1 is 1.00 bits per heavy atom. The zero-order valence-corrected chi connectivity index (χ0v) is 13.4. The van der Waals surface area contributed by atoms with Crippen molar-refractivity contribution in [1.29, 1.82) is 0 Å². The summed E-state index contributed by atoms with van der Waals surface area (Å²) in [5, 5.41) is 0. The van der Waals surface area contributed by atoms with Crippen molar-refractivity contribution >= 4 is 5.97 Å². The number of aryl methyl sites for hydroxylation is 3. The van der Waals surface area contributed by atoms with E-state index in [0.717, 1.165) is 16.9 Å². The van der Waals surface area contributed by atoms with Crippen LogP contribution in [0.15, 0.2) is 42.5 Å². The normalized spacial score (nSPS) is 10.3. The molecule has 3 heteroatoms. The number of hydrogen-bond acceptors (Lipinski definition) is 3. The Morgan fingerprint density at radius 3 is 2.50 bits per heavy atom. The summed E-state index contributed by atoms with van der Waals surface area (Å²) < 4.78 is 11.0. The largest absolute Gasteiger partial charge is 0.493 e. The Labute approximate surface area is 131 Å². The third-order valence-electron chi connectivity index (χ3n) is 3.33. The lowest BCUT2D eigenvalue weighted by molar-refractivity contribution is -0.134. The van der Waals surface area contributed by atoms with Crippen molar-refractivity contribution < 1.29 is 14.3 Å². The van der Waals surface area contributed by atoms with E-state index in [1.54, 1.807) is 6.07 Å². The summed E-state index contributed by atoms with van der Waals surface area (Å²) >= 11 is 0. The molecule has 0 spiro atoms. The second kappa shape index (κ2) is 7.64. The average molecular weight is 298 g/mol.